The van der Waals surface area contributed by atoms with Gasteiger partial charge in [0.1, 0.15) is 17.3 Å². The Hall–Kier alpha value is -2.54. The molecule has 1 heterocycles. The van der Waals surface area contributed by atoms with Crippen molar-refractivity contribution in [3.05, 3.63) is 65.7 Å². The summed E-state index contributed by atoms with van der Waals surface area (Å²) in [4.78, 5) is 0. The van der Waals surface area contributed by atoms with E-state index in [0.29, 0.717) is 17.1 Å². The molecular formula is C21H24FN3O2S. The average molecular weight is 402 g/mol. The van der Waals surface area contributed by atoms with E-state index in [1.54, 1.807) is 19.2 Å². The fourth-order valence-corrected chi connectivity index (χ4v) is 3.90. The minimum absolute atomic E-state index is 0.143. The van der Waals surface area contributed by atoms with Crippen molar-refractivity contribution in [2.24, 2.45) is 0 Å². The largest absolute Gasteiger partial charge is 0.497 e. The highest BCUT2D eigenvalue weighted by Crippen LogP contribution is 2.30. The Morgan fingerprint density at radius 1 is 1.04 bits per heavy atom. The molecule has 0 spiro atoms. The van der Waals surface area contributed by atoms with E-state index in [2.05, 4.69) is 24.0 Å². The summed E-state index contributed by atoms with van der Waals surface area (Å²) in [6.07, 6.45) is -0.301. The third-order valence-electron chi connectivity index (χ3n) is 4.24. The van der Waals surface area contributed by atoms with Gasteiger partial charge < -0.3 is 14.0 Å². The van der Waals surface area contributed by atoms with Gasteiger partial charge in [-0.1, -0.05) is 36.0 Å². The molecule has 28 heavy (non-hydrogen) atoms. The number of nitrogens with zero attached hydrogens (tertiary/aromatic N) is 3. The number of hydrogen-bond acceptors (Lipinski definition) is 5. The van der Waals surface area contributed by atoms with E-state index in [9.17, 15) is 4.39 Å². The maximum Gasteiger partial charge on any atom is 0.191 e. The van der Waals surface area contributed by atoms with E-state index < -0.39 is 0 Å². The molecule has 0 aliphatic rings. The lowest BCUT2D eigenvalue weighted by Crippen LogP contribution is -2.14. The van der Waals surface area contributed by atoms with Crippen LogP contribution in [-0.2, 0) is 5.75 Å². The second-order valence-corrected chi connectivity index (χ2v) is 7.57. The SMILES string of the molecule is COc1cccc(OC(C)c2nnc(SCc3ccccc3F)n2C(C)C)c1. The molecule has 1 atom stereocenters. The van der Waals surface area contributed by atoms with Crippen LogP contribution in [0.5, 0.6) is 11.5 Å². The molecule has 1 aromatic heterocycles. The van der Waals surface area contributed by atoms with Gasteiger partial charge in [0.2, 0.25) is 0 Å². The van der Waals surface area contributed by atoms with Crippen molar-refractivity contribution >= 4 is 11.8 Å². The van der Waals surface area contributed by atoms with Crippen molar-refractivity contribution in [1.82, 2.24) is 14.8 Å². The van der Waals surface area contributed by atoms with Gasteiger partial charge in [0.15, 0.2) is 17.1 Å². The van der Waals surface area contributed by atoms with Crippen molar-refractivity contribution in [3.63, 3.8) is 0 Å². The number of methoxy groups -OCH3 is 1. The molecule has 0 aliphatic carbocycles. The summed E-state index contributed by atoms with van der Waals surface area (Å²) >= 11 is 1.47. The number of rotatable bonds is 8. The molecule has 0 amide bonds. The first kappa shape index (κ1) is 20.2. The molecule has 0 fully saturated rings. The second kappa shape index (κ2) is 9.10. The lowest BCUT2D eigenvalue weighted by molar-refractivity contribution is 0.206. The summed E-state index contributed by atoms with van der Waals surface area (Å²) in [5.41, 5.74) is 0.646. The highest BCUT2D eigenvalue weighted by atomic mass is 32.2. The van der Waals surface area contributed by atoms with Crippen LogP contribution in [0.4, 0.5) is 4.39 Å². The Morgan fingerprint density at radius 3 is 2.50 bits per heavy atom. The van der Waals surface area contributed by atoms with Crippen molar-refractivity contribution in [2.45, 2.75) is 43.8 Å². The minimum atomic E-state index is -0.301. The molecule has 1 unspecified atom stereocenters. The zero-order valence-electron chi connectivity index (χ0n) is 16.4. The topological polar surface area (TPSA) is 49.2 Å². The smallest absolute Gasteiger partial charge is 0.191 e. The molecule has 0 radical (unpaired) electrons. The van der Waals surface area contributed by atoms with Gasteiger partial charge in [0, 0.05) is 17.9 Å². The summed E-state index contributed by atoms with van der Waals surface area (Å²) in [6, 6.07) is 14.4. The van der Waals surface area contributed by atoms with Crippen LogP contribution in [0.1, 0.15) is 44.3 Å². The van der Waals surface area contributed by atoms with E-state index in [1.165, 1.54) is 17.8 Å². The van der Waals surface area contributed by atoms with Crippen LogP contribution < -0.4 is 9.47 Å². The average Bonchev–Trinajstić information content (AvgIpc) is 3.12. The summed E-state index contributed by atoms with van der Waals surface area (Å²) in [6.45, 7) is 6.07. The van der Waals surface area contributed by atoms with Gasteiger partial charge in [0.25, 0.3) is 0 Å². The van der Waals surface area contributed by atoms with Gasteiger partial charge in [-0.3, -0.25) is 0 Å². The Bertz CT molecular complexity index is 930. The standard InChI is InChI=1S/C21H24FN3O2S/c1-14(2)25-20(15(3)27-18-10-7-9-17(12-18)26-4)23-24-21(25)28-13-16-8-5-6-11-19(16)22/h5-12,14-15H,13H2,1-4H3. The quantitative estimate of drug-likeness (QED) is 0.471. The van der Waals surface area contributed by atoms with Gasteiger partial charge >= 0.3 is 0 Å². The first-order valence-electron chi connectivity index (χ1n) is 9.11. The molecule has 0 saturated heterocycles. The highest BCUT2D eigenvalue weighted by Gasteiger charge is 2.22. The summed E-state index contributed by atoms with van der Waals surface area (Å²) < 4.78 is 27.2. The van der Waals surface area contributed by atoms with Crippen LogP contribution in [0.3, 0.4) is 0 Å². The van der Waals surface area contributed by atoms with Crippen LogP contribution in [0.15, 0.2) is 53.7 Å². The number of benzene rings is 2. The molecule has 0 saturated carbocycles. The Balaban J connectivity index is 1.78. The predicted octanol–water partition coefficient (Wildman–Crippen LogP) is 5.44. The second-order valence-electron chi connectivity index (χ2n) is 6.62. The van der Waals surface area contributed by atoms with Crippen molar-refractivity contribution < 1.29 is 13.9 Å². The van der Waals surface area contributed by atoms with E-state index >= 15 is 0 Å². The van der Waals surface area contributed by atoms with Crippen molar-refractivity contribution in [2.75, 3.05) is 7.11 Å². The molecule has 2 aromatic carbocycles. The molecule has 3 aromatic rings. The van der Waals surface area contributed by atoms with Crippen LogP contribution in [0.2, 0.25) is 0 Å². The number of ether oxygens (including phenoxy) is 2. The van der Waals surface area contributed by atoms with Crippen molar-refractivity contribution in [1.29, 1.82) is 0 Å². The number of thioether (sulfide) groups is 1. The minimum Gasteiger partial charge on any atom is -0.497 e. The summed E-state index contributed by atoms with van der Waals surface area (Å²) in [5.74, 6) is 2.44. The molecule has 0 bridgehead atoms. The van der Waals surface area contributed by atoms with E-state index in [1.807, 2.05) is 41.8 Å². The monoisotopic (exact) mass is 401 g/mol. The zero-order valence-corrected chi connectivity index (χ0v) is 17.2. The van der Waals surface area contributed by atoms with Gasteiger partial charge in [-0.05, 0) is 44.5 Å². The summed E-state index contributed by atoms with van der Waals surface area (Å²) in [7, 11) is 1.62. The normalized spacial score (nSPS) is 12.2. The number of halogens is 1. The number of hydrogen-bond donors (Lipinski definition) is 0. The van der Waals surface area contributed by atoms with Crippen LogP contribution in [-0.4, -0.2) is 21.9 Å². The predicted molar refractivity (Wildman–Crippen MR) is 108 cm³/mol. The van der Waals surface area contributed by atoms with Gasteiger partial charge in [-0.15, -0.1) is 10.2 Å². The van der Waals surface area contributed by atoms with E-state index in [-0.39, 0.29) is 18.0 Å². The lowest BCUT2D eigenvalue weighted by atomic mass is 10.2. The molecule has 0 N–H and O–H groups in total. The maximum atomic E-state index is 13.9. The Labute approximate surface area is 168 Å². The Morgan fingerprint density at radius 2 is 1.79 bits per heavy atom. The first-order valence-corrected chi connectivity index (χ1v) is 10.1. The third kappa shape index (κ3) is 4.65. The molecule has 7 heteroatoms. The molecule has 5 nitrogen and oxygen atoms in total. The van der Waals surface area contributed by atoms with E-state index in [0.717, 1.165) is 16.7 Å². The fraction of sp³-hybridized carbons (Fsp3) is 0.333. The van der Waals surface area contributed by atoms with Crippen LogP contribution >= 0.6 is 11.8 Å². The molecular weight excluding hydrogens is 377 g/mol. The number of aromatic nitrogens is 3. The molecule has 148 valence electrons. The zero-order chi connectivity index (χ0) is 20.1. The summed E-state index contributed by atoms with van der Waals surface area (Å²) in [5, 5.41) is 9.43. The van der Waals surface area contributed by atoms with Gasteiger partial charge in [-0.25, -0.2) is 4.39 Å². The highest BCUT2D eigenvalue weighted by molar-refractivity contribution is 7.98. The van der Waals surface area contributed by atoms with Gasteiger partial charge in [-0.2, -0.15) is 0 Å². The fourth-order valence-electron chi connectivity index (χ4n) is 2.84. The molecule has 3 rings (SSSR count). The van der Waals surface area contributed by atoms with Gasteiger partial charge in [0.05, 0.1) is 7.11 Å². The first-order chi connectivity index (χ1) is 13.5. The third-order valence-corrected chi connectivity index (χ3v) is 5.23. The lowest BCUT2D eigenvalue weighted by Gasteiger charge is -2.19. The van der Waals surface area contributed by atoms with Crippen LogP contribution in [0, 0.1) is 5.82 Å². The van der Waals surface area contributed by atoms with E-state index in [4.69, 9.17) is 9.47 Å². The maximum absolute atomic E-state index is 13.9. The Kier molecular flexibility index (Phi) is 6.57. The molecule has 0 aliphatic heterocycles. The van der Waals surface area contributed by atoms with Crippen LogP contribution in [0.25, 0.3) is 0 Å². The van der Waals surface area contributed by atoms with Crippen molar-refractivity contribution in [3.8, 4) is 11.5 Å².